The van der Waals surface area contributed by atoms with Crippen molar-refractivity contribution in [1.29, 1.82) is 0 Å². The monoisotopic (exact) mass is 274 g/mol. The highest BCUT2D eigenvalue weighted by Crippen LogP contribution is 2.17. The summed E-state index contributed by atoms with van der Waals surface area (Å²) < 4.78 is 6.52. The highest BCUT2D eigenvalue weighted by atomic mass is 16.5. The van der Waals surface area contributed by atoms with Crippen molar-refractivity contribution in [3.05, 3.63) is 51.9 Å². The van der Waals surface area contributed by atoms with Crippen LogP contribution in [0.1, 0.15) is 11.3 Å². The first-order chi connectivity index (χ1) is 9.51. The van der Waals surface area contributed by atoms with Gasteiger partial charge >= 0.3 is 7.12 Å². The van der Waals surface area contributed by atoms with Gasteiger partial charge < -0.3 is 14.8 Å². The van der Waals surface area contributed by atoms with Crippen LogP contribution in [-0.4, -0.2) is 34.1 Å². The van der Waals surface area contributed by atoms with Crippen molar-refractivity contribution in [1.82, 2.24) is 9.78 Å². The fraction of sp³-hybridized carbons (Fsp3) is 0.231. The number of hydrogen-bond acceptors (Lipinski definition) is 5. The van der Waals surface area contributed by atoms with Gasteiger partial charge in [-0.2, -0.15) is 5.10 Å². The summed E-state index contributed by atoms with van der Waals surface area (Å²) in [7, 11) is -0.0535. The quantitative estimate of drug-likeness (QED) is 0.719. The van der Waals surface area contributed by atoms with Crippen LogP contribution in [0, 0.1) is 6.92 Å². The first-order valence-corrected chi connectivity index (χ1v) is 6.09. The summed E-state index contributed by atoms with van der Waals surface area (Å²) in [6.45, 7) is 1.99. The van der Waals surface area contributed by atoms with Gasteiger partial charge in [0.1, 0.15) is 5.75 Å². The van der Waals surface area contributed by atoms with Crippen molar-refractivity contribution in [2.75, 3.05) is 7.11 Å². The number of rotatable bonds is 4. The van der Waals surface area contributed by atoms with Crippen LogP contribution in [0.2, 0.25) is 0 Å². The van der Waals surface area contributed by atoms with Crippen molar-refractivity contribution in [2.45, 2.75) is 13.5 Å². The van der Waals surface area contributed by atoms with E-state index in [-0.39, 0.29) is 12.1 Å². The molecule has 7 heteroatoms. The lowest BCUT2D eigenvalue weighted by molar-refractivity contribution is 0.406. The zero-order chi connectivity index (χ0) is 14.7. The number of aromatic nitrogens is 2. The molecule has 0 atom stereocenters. The zero-order valence-corrected chi connectivity index (χ0v) is 11.3. The average Bonchev–Trinajstić information content (AvgIpc) is 2.42. The van der Waals surface area contributed by atoms with Crippen molar-refractivity contribution < 1.29 is 14.8 Å². The second-order valence-electron chi connectivity index (χ2n) is 4.42. The molecule has 0 amide bonds. The molecule has 0 aliphatic rings. The molecule has 0 bridgehead atoms. The normalized spacial score (nSPS) is 10.4. The lowest BCUT2D eigenvalue weighted by Gasteiger charge is -2.11. The lowest BCUT2D eigenvalue weighted by Crippen LogP contribution is -2.31. The zero-order valence-electron chi connectivity index (χ0n) is 11.3. The first-order valence-electron chi connectivity index (χ1n) is 6.09. The fourth-order valence-corrected chi connectivity index (χ4v) is 1.91. The molecule has 0 radical (unpaired) electrons. The largest absolute Gasteiger partial charge is 0.496 e. The van der Waals surface area contributed by atoms with Crippen LogP contribution in [0.25, 0.3) is 0 Å². The summed E-state index contributed by atoms with van der Waals surface area (Å²) in [5, 5.41) is 22.6. The molecule has 2 aromatic rings. The molecule has 0 saturated heterocycles. The van der Waals surface area contributed by atoms with Gasteiger partial charge in [-0.3, -0.25) is 4.79 Å². The van der Waals surface area contributed by atoms with Gasteiger partial charge in [0, 0.05) is 11.6 Å². The van der Waals surface area contributed by atoms with Gasteiger partial charge in [-0.15, -0.1) is 0 Å². The lowest BCUT2D eigenvalue weighted by atomic mass is 9.79. The summed E-state index contributed by atoms with van der Waals surface area (Å²) in [4.78, 5) is 11.8. The fourth-order valence-electron chi connectivity index (χ4n) is 1.91. The van der Waals surface area contributed by atoms with Crippen molar-refractivity contribution in [3.63, 3.8) is 0 Å². The van der Waals surface area contributed by atoms with Gasteiger partial charge in [-0.1, -0.05) is 12.1 Å². The Balaban J connectivity index is 2.43. The van der Waals surface area contributed by atoms with E-state index in [1.165, 1.54) is 17.9 Å². The molecule has 6 nitrogen and oxygen atoms in total. The Morgan fingerprint density at radius 3 is 2.70 bits per heavy atom. The molecule has 0 aliphatic carbocycles. The highest BCUT2D eigenvalue weighted by Gasteiger charge is 2.14. The van der Waals surface area contributed by atoms with E-state index >= 15 is 0 Å². The number of aryl methyl sites for hydroxylation is 1. The highest BCUT2D eigenvalue weighted by molar-refractivity contribution is 6.58. The number of ether oxygens (including phenoxy) is 1. The van der Waals surface area contributed by atoms with Crippen LogP contribution in [0.3, 0.4) is 0 Å². The van der Waals surface area contributed by atoms with E-state index in [0.29, 0.717) is 16.8 Å². The minimum Gasteiger partial charge on any atom is -0.496 e. The molecule has 1 heterocycles. The molecular weight excluding hydrogens is 259 g/mol. The van der Waals surface area contributed by atoms with Crippen molar-refractivity contribution >= 4 is 12.6 Å². The van der Waals surface area contributed by atoms with Crippen LogP contribution in [0.4, 0.5) is 0 Å². The summed E-state index contributed by atoms with van der Waals surface area (Å²) in [6.07, 6.45) is 0. The van der Waals surface area contributed by atoms with Gasteiger partial charge in [-0.25, -0.2) is 4.68 Å². The van der Waals surface area contributed by atoms with Crippen LogP contribution < -0.4 is 15.8 Å². The number of benzene rings is 1. The predicted octanol–water partition coefficient (Wildman–Crippen LogP) is -0.712. The van der Waals surface area contributed by atoms with Gasteiger partial charge in [-0.05, 0) is 24.5 Å². The van der Waals surface area contributed by atoms with Crippen molar-refractivity contribution in [2.24, 2.45) is 0 Å². The third kappa shape index (κ3) is 3.07. The Kier molecular flexibility index (Phi) is 4.21. The Bertz CT molecular complexity index is 670. The molecule has 0 saturated carbocycles. The second kappa shape index (κ2) is 5.89. The summed E-state index contributed by atoms with van der Waals surface area (Å²) >= 11 is 0. The van der Waals surface area contributed by atoms with Gasteiger partial charge in [0.25, 0.3) is 5.56 Å². The average molecular weight is 274 g/mol. The van der Waals surface area contributed by atoms with E-state index in [1.807, 2.05) is 0 Å². The number of methoxy groups -OCH3 is 1. The Hall–Kier alpha value is -2.12. The third-order valence-corrected chi connectivity index (χ3v) is 2.92. The van der Waals surface area contributed by atoms with Crippen molar-refractivity contribution in [3.8, 4) is 5.75 Å². The number of hydrogen-bond donors (Lipinski definition) is 2. The second-order valence-corrected chi connectivity index (χ2v) is 4.42. The smallest absolute Gasteiger partial charge is 0.488 e. The van der Waals surface area contributed by atoms with E-state index in [1.54, 1.807) is 31.2 Å². The van der Waals surface area contributed by atoms with E-state index in [9.17, 15) is 14.8 Å². The van der Waals surface area contributed by atoms with Crippen LogP contribution >= 0.6 is 0 Å². The van der Waals surface area contributed by atoms with Crippen LogP contribution in [0.5, 0.6) is 5.75 Å². The third-order valence-electron chi connectivity index (χ3n) is 2.92. The van der Waals surface area contributed by atoms with Gasteiger partial charge in [0.2, 0.25) is 0 Å². The Morgan fingerprint density at radius 2 is 2.05 bits per heavy atom. The molecule has 0 unspecified atom stereocenters. The first kappa shape index (κ1) is 14.3. The molecular formula is C13H15BN2O4. The molecule has 2 N–H and O–H groups in total. The maximum atomic E-state index is 11.8. The maximum Gasteiger partial charge on any atom is 0.488 e. The van der Waals surface area contributed by atoms with Gasteiger partial charge in [0.05, 0.1) is 19.3 Å². The molecule has 2 rings (SSSR count). The van der Waals surface area contributed by atoms with Gasteiger partial charge in [0.15, 0.2) is 0 Å². The molecule has 0 fully saturated rings. The molecule has 0 aliphatic heterocycles. The SMILES string of the molecule is COc1ccc(B(O)O)cc1Cn1nc(C)ccc1=O. The predicted molar refractivity (Wildman–Crippen MR) is 75.2 cm³/mol. The number of nitrogens with zero attached hydrogens (tertiary/aromatic N) is 2. The maximum absolute atomic E-state index is 11.8. The summed E-state index contributed by atoms with van der Waals surface area (Å²) in [5.74, 6) is 0.560. The van der Waals surface area contributed by atoms with E-state index in [4.69, 9.17) is 4.74 Å². The molecule has 1 aromatic carbocycles. The summed E-state index contributed by atoms with van der Waals surface area (Å²) in [5.41, 5.74) is 1.48. The molecule has 1 aromatic heterocycles. The minimum atomic E-state index is -1.57. The summed E-state index contributed by atoms with van der Waals surface area (Å²) in [6, 6.07) is 7.86. The molecule has 104 valence electrons. The van der Waals surface area contributed by atoms with Crippen LogP contribution in [-0.2, 0) is 6.54 Å². The van der Waals surface area contributed by atoms with E-state index < -0.39 is 7.12 Å². The van der Waals surface area contributed by atoms with E-state index in [0.717, 1.165) is 5.69 Å². The topological polar surface area (TPSA) is 84.6 Å². The van der Waals surface area contributed by atoms with E-state index in [2.05, 4.69) is 5.10 Å². The molecule has 0 spiro atoms. The standard InChI is InChI=1S/C13H15BN2O4/c1-9-3-6-13(17)16(15-9)8-10-7-11(14(18)19)4-5-12(10)20-2/h3-7,18-19H,8H2,1-2H3. The Morgan fingerprint density at radius 1 is 1.30 bits per heavy atom. The van der Waals surface area contributed by atoms with Crippen LogP contribution in [0.15, 0.2) is 35.1 Å². The minimum absolute atomic E-state index is 0.199. The molecule has 20 heavy (non-hydrogen) atoms. The Labute approximate surface area is 116 Å².